The molecule has 25 heavy (non-hydrogen) atoms. The molecular formula is C18H27N3O3S. The Morgan fingerprint density at radius 2 is 1.76 bits per heavy atom. The molecule has 7 heteroatoms. The summed E-state index contributed by atoms with van der Waals surface area (Å²) in [6.45, 7) is 1.68. The van der Waals surface area contributed by atoms with Crippen LogP contribution >= 0.6 is 0 Å². The molecule has 2 N–H and O–H groups in total. The zero-order chi connectivity index (χ0) is 17.9. The fourth-order valence-corrected chi connectivity index (χ4v) is 5.28. The first kappa shape index (κ1) is 18.4. The summed E-state index contributed by atoms with van der Waals surface area (Å²) in [6.07, 6.45) is 3.63. The van der Waals surface area contributed by atoms with Gasteiger partial charge in [0.05, 0.1) is 5.75 Å². The van der Waals surface area contributed by atoms with E-state index < -0.39 is 10.0 Å². The molecule has 1 aliphatic heterocycles. The number of piperazine rings is 1. The summed E-state index contributed by atoms with van der Waals surface area (Å²) in [4.78, 5) is 14.2. The van der Waals surface area contributed by atoms with Gasteiger partial charge in [-0.05, 0) is 24.3 Å². The van der Waals surface area contributed by atoms with E-state index in [2.05, 4.69) is 0 Å². The van der Waals surface area contributed by atoms with Crippen molar-refractivity contribution in [2.75, 3.05) is 26.2 Å². The van der Waals surface area contributed by atoms with Crippen LogP contribution in [-0.4, -0.2) is 55.8 Å². The van der Waals surface area contributed by atoms with Gasteiger partial charge in [-0.1, -0.05) is 36.8 Å². The first-order valence-electron chi connectivity index (χ1n) is 9.01. The van der Waals surface area contributed by atoms with Crippen LogP contribution < -0.4 is 5.73 Å². The molecule has 1 aromatic carbocycles. The van der Waals surface area contributed by atoms with Crippen molar-refractivity contribution in [2.24, 2.45) is 11.7 Å². The summed E-state index contributed by atoms with van der Waals surface area (Å²) in [5.74, 6) is 0.411. The van der Waals surface area contributed by atoms with E-state index in [0.717, 1.165) is 24.8 Å². The Hall–Kier alpha value is -1.44. The van der Waals surface area contributed by atoms with Crippen molar-refractivity contribution in [2.45, 2.75) is 37.5 Å². The van der Waals surface area contributed by atoms with Gasteiger partial charge in [-0.25, -0.2) is 8.42 Å². The molecule has 2 atom stereocenters. The first-order valence-corrected chi connectivity index (χ1v) is 10.6. The van der Waals surface area contributed by atoms with Crippen molar-refractivity contribution in [3.8, 4) is 0 Å². The molecule has 2 fully saturated rings. The molecule has 3 rings (SSSR count). The Labute approximate surface area is 150 Å². The lowest BCUT2D eigenvalue weighted by Crippen LogP contribution is -2.51. The number of hydrogen-bond donors (Lipinski definition) is 1. The summed E-state index contributed by atoms with van der Waals surface area (Å²) >= 11 is 0. The Bertz CT molecular complexity index is 685. The summed E-state index contributed by atoms with van der Waals surface area (Å²) < 4.78 is 26.6. The van der Waals surface area contributed by atoms with Gasteiger partial charge in [0.2, 0.25) is 15.9 Å². The van der Waals surface area contributed by atoms with E-state index in [0.29, 0.717) is 32.6 Å². The summed E-state index contributed by atoms with van der Waals surface area (Å²) in [6, 6.07) is 9.34. The average molecular weight is 365 g/mol. The van der Waals surface area contributed by atoms with Gasteiger partial charge in [-0.15, -0.1) is 0 Å². The second-order valence-electron chi connectivity index (χ2n) is 7.08. The average Bonchev–Trinajstić information content (AvgIpc) is 3.00. The molecule has 0 spiro atoms. The number of rotatable bonds is 5. The van der Waals surface area contributed by atoms with E-state index in [9.17, 15) is 13.2 Å². The molecule has 138 valence electrons. The maximum Gasteiger partial charge on any atom is 0.222 e. The number of carbonyl (C=O) groups is 1. The van der Waals surface area contributed by atoms with Crippen molar-refractivity contribution < 1.29 is 13.2 Å². The minimum absolute atomic E-state index is 0.0126. The van der Waals surface area contributed by atoms with Crippen LogP contribution in [0.2, 0.25) is 0 Å². The molecule has 0 unspecified atom stereocenters. The first-order chi connectivity index (χ1) is 12.0. The second-order valence-corrected chi connectivity index (χ2v) is 9.05. The van der Waals surface area contributed by atoms with Gasteiger partial charge in [-0.2, -0.15) is 4.31 Å². The number of carbonyl (C=O) groups excluding carboxylic acids is 1. The Balaban J connectivity index is 1.51. The van der Waals surface area contributed by atoms with Gasteiger partial charge in [-0.3, -0.25) is 4.79 Å². The third-order valence-corrected chi connectivity index (χ3v) is 7.18. The van der Waals surface area contributed by atoms with Crippen LogP contribution in [0.15, 0.2) is 30.3 Å². The molecule has 6 nitrogen and oxygen atoms in total. The fraction of sp³-hybridized carbons (Fsp3) is 0.611. The van der Waals surface area contributed by atoms with Crippen molar-refractivity contribution in [1.29, 1.82) is 0 Å². The number of amides is 1. The van der Waals surface area contributed by atoms with Crippen LogP contribution in [0, 0.1) is 5.92 Å². The molecule has 1 amide bonds. The Morgan fingerprint density at radius 3 is 2.36 bits per heavy atom. The van der Waals surface area contributed by atoms with Gasteiger partial charge in [0, 0.05) is 38.6 Å². The van der Waals surface area contributed by atoms with Crippen LogP contribution in [0.25, 0.3) is 0 Å². The summed E-state index contributed by atoms with van der Waals surface area (Å²) in [5, 5.41) is 0. The number of benzene rings is 1. The van der Waals surface area contributed by atoms with Gasteiger partial charge in [0.15, 0.2) is 0 Å². The highest BCUT2D eigenvalue weighted by Crippen LogP contribution is 2.27. The highest BCUT2D eigenvalue weighted by atomic mass is 32.2. The third kappa shape index (κ3) is 4.59. The van der Waals surface area contributed by atoms with Crippen molar-refractivity contribution >= 4 is 15.9 Å². The highest BCUT2D eigenvalue weighted by Gasteiger charge is 2.32. The number of hydrogen-bond acceptors (Lipinski definition) is 4. The van der Waals surface area contributed by atoms with E-state index in [1.165, 1.54) is 4.31 Å². The summed E-state index contributed by atoms with van der Waals surface area (Å²) in [7, 11) is -3.34. The maximum atomic E-state index is 12.6. The molecule has 1 heterocycles. The zero-order valence-electron chi connectivity index (χ0n) is 14.5. The van der Waals surface area contributed by atoms with Crippen LogP contribution in [0.1, 0.15) is 31.2 Å². The predicted molar refractivity (Wildman–Crippen MR) is 97.2 cm³/mol. The molecule has 2 aliphatic rings. The molecular weight excluding hydrogens is 338 g/mol. The fourth-order valence-electron chi connectivity index (χ4n) is 3.76. The van der Waals surface area contributed by atoms with Crippen molar-refractivity contribution in [1.82, 2.24) is 9.21 Å². The summed E-state index contributed by atoms with van der Waals surface area (Å²) in [5.41, 5.74) is 6.84. The van der Waals surface area contributed by atoms with E-state index in [1.807, 2.05) is 30.3 Å². The number of sulfonamides is 1. The minimum atomic E-state index is -3.34. The second kappa shape index (κ2) is 7.85. The van der Waals surface area contributed by atoms with Crippen LogP contribution in [-0.2, 0) is 20.6 Å². The van der Waals surface area contributed by atoms with Crippen LogP contribution in [0.3, 0.4) is 0 Å². The van der Waals surface area contributed by atoms with Gasteiger partial charge in [0.25, 0.3) is 0 Å². The lowest BCUT2D eigenvalue weighted by Gasteiger charge is -2.34. The maximum absolute atomic E-state index is 12.6. The van der Waals surface area contributed by atoms with E-state index in [-0.39, 0.29) is 23.6 Å². The molecule has 0 radical (unpaired) electrons. The van der Waals surface area contributed by atoms with Gasteiger partial charge < -0.3 is 10.6 Å². The Kier molecular flexibility index (Phi) is 5.76. The molecule has 1 saturated carbocycles. The van der Waals surface area contributed by atoms with Crippen LogP contribution in [0.5, 0.6) is 0 Å². The van der Waals surface area contributed by atoms with Crippen molar-refractivity contribution in [3.05, 3.63) is 35.9 Å². The molecule has 1 aromatic rings. The van der Waals surface area contributed by atoms with E-state index in [4.69, 9.17) is 5.73 Å². The SMILES string of the molecule is N[C@@H]1CCC[C@H]1CC(=O)N1CCN(S(=O)(=O)Cc2ccccc2)CC1. The van der Waals surface area contributed by atoms with Crippen molar-refractivity contribution in [3.63, 3.8) is 0 Å². The van der Waals surface area contributed by atoms with E-state index >= 15 is 0 Å². The molecule has 0 aromatic heterocycles. The third-order valence-electron chi connectivity index (χ3n) is 5.33. The molecule has 0 bridgehead atoms. The normalized spacial score (nSPS) is 25.2. The van der Waals surface area contributed by atoms with Gasteiger partial charge in [0.1, 0.15) is 0 Å². The highest BCUT2D eigenvalue weighted by molar-refractivity contribution is 7.88. The van der Waals surface area contributed by atoms with Gasteiger partial charge >= 0.3 is 0 Å². The van der Waals surface area contributed by atoms with Crippen LogP contribution in [0.4, 0.5) is 0 Å². The Morgan fingerprint density at radius 1 is 1.08 bits per heavy atom. The predicted octanol–water partition coefficient (Wildman–Crippen LogP) is 1.18. The monoisotopic (exact) mass is 365 g/mol. The lowest BCUT2D eigenvalue weighted by molar-refractivity contribution is -0.133. The molecule has 1 aliphatic carbocycles. The molecule has 1 saturated heterocycles. The lowest BCUT2D eigenvalue weighted by atomic mass is 9.99. The number of nitrogens with two attached hydrogens (primary N) is 1. The topological polar surface area (TPSA) is 83.7 Å². The largest absolute Gasteiger partial charge is 0.340 e. The minimum Gasteiger partial charge on any atom is -0.340 e. The number of nitrogens with zero attached hydrogens (tertiary/aromatic N) is 2. The zero-order valence-corrected chi connectivity index (χ0v) is 15.3. The van der Waals surface area contributed by atoms with E-state index in [1.54, 1.807) is 4.90 Å². The quantitative estimate of drug-likeness (QED) is 0.849. The standard InChI is InChI=1S/C18H27N3O3S/c19-17-8-4-7-16(17)13-18(22)20-9-11-21(12-10-20)25(23,24)14-15-5-2-1-3-6-15/h1-3,5-6,16-17H,4,7-14,19H2/t16-,17+/m0/s1. The smallest absolute Gasteiger partial charge is 0.222 e.